The van der Waals surface area contributed by atoms with E-state index in [0.717, 1.165) is 11.1 Å². The highest BCUT2D eigenvalue weighted by atomic mass is 79.9. The third-order valence-electron chi connectivity index (χ3n) is 4.28. The van der Waals surface area contributed by atoms with Gasteiger partial charge in [0.15, 0.2) is 6.10 Å². The normalized spacial score (nSPS) is 13.4. The maximum absolute atomic E-state index is 12.4. The predicted octanol–water partition coefficient (Wildman–Crippen LogP) is 2.28. The van der Waals surface area contributed by atoms with Gasteiger partial charge >= 0.3 is 5.97 Å². The number of esters is 1. The van der Waals surface area contributed by atoms with E-state index in [1.54, 1.807) is 0 Å². The third kappa shape index (κ3) is 6.11. The van der Waals surface area contributed by atoms with Gasteiger partial charge in [0.1, 0.15) is 6.04 Å². The summed E-state index contributed by atoms with van der Waals surface area (Å²) in [6.45, 7) is 4.19. The Hall–Kier alpha value is -2.27. The van der Waals surface area contributed by atoms with E-state index in [2.05, 4.69) is 26.0 Å². The molecule has 10 heteroatoms. The number of sulfonamides is 1. The first kappa shape index (κ1) is 24.0. The van der Waals surface area contributed by atoms with Crippen LogP contribution in [0.25, 0.3) is 0 Å². The second-order valence-electron chi connectivity index (χ2n) is 6.65. The summed E-state index contributed by atoms with van der Waals surface area (Å²) in [5, 5.41) is 12.2. The number of carbonyl (C=O) groups is 2. The van der Waals surface area contributed by atoms with E-state index < -0.39 is 40.7 Å². The van der Waals surface area contributed by atoms with Crippen LogP contribution in [0.3, 0.4) is 0 Å². The molecule has 2 aromatic carbocycles. The molecule has 0 aliphatic heterocycles. The molecule has 0 heterocycles. The number of ether oxygens (including phenoxy) is 1. The molecule has 0 saturated carbocycles. The molecule has 2 aromatic rings. The summed E-state index contributed by atoms with van der Waals surface area (Å²) in [6.07, 6.45) is -1.21. The highest BCUT2D eigenvalue weighted by Gasteiger charge is 2.29. The van der Waals surface area contributed by atoms with E-state index in [9.17, 15) is 23.1 Å². The molecule has 30 heavy (non-hydrogen) atoms. The fourth-order valence-corrected chi connectivity index (χ4v) is 4.02. The monoisotopic (exact) mass is 498 g/mol. The number of benzene rings is 2. The van der Waals surface area contributed by atoms with Crippen molar-refractivity contribution in [1.82, 2.24) is 4.72 Å². The summed E-state index contributed by atoms with van der Waals surface area (Å²) in [5.41, 5.74) is 2.30. The molecule has 3 N–H and O–H groups in total. The lowest BCUT2D eigenvalue weighted by molar-refractivity contribution is -0.155. The van der Waals surface area contributed by atoms with Gasteiger partial charge in [0, 0.05) is 10.2 Å². The van der Waals surface area contributed by atoms with E-state index in [-0.39, 0.29) is 4.90 Å². The minimum atomic E-state index is -4.08. The van der Waals surface area contributed by atoms with Crippen LogP contribution in [0.1, 0.15) is 18.1 Å². The Morgan fingerprint density at radius 2 is 1.67 bits per heavy atom. The lowest BCUT2D eigenvalue weighted by Crippen LogP contribution is -2.46. The summed E-state index contributed by atoms with van der Waals surface area (Å²) in [6, 6.07) is 9.69. The van der Waals surface area contributed by atoms with Crippen LogP contribution in [0, 0.1) is 13.8 Å². The average Bonchev–Trinajstić information content (AvgIpc) is 2.69. The molecule has 0 aliphatic rings. The van der Waals surface area contributed by atoms with Crippen LogP contribution in [0.4, 0.5) is 5.69 Å². The minimum absolute atomic E-state index is 0.0854. The van der Waals surface area contributed by atoms with Crippen LogP contribution in [-0.4, -0.2) is 44.2 Å². The van der Waals surface area contributed by atoms with Crippen molar-refractivity contribution >= 4 is 43.5 Å². The maximum Gasteiger partial charge on any atom is 0.327 e. The van der Waals surface area contributed by atoms with Gasteiger partial charge in [-0.1, -0.05) is 34.1 Å². The fourth-order valence-electron chi connectivity index (χ4n) is 2.58. The zero-order chi connectivity index (χ0) is 22.5. The number of hydrogen-bond donors (Lipinski definition) is 3. The summed E-state index contributed by atoms with van der Waals surface area (Å²) in [7, 11) is -4.08. The first-order chi connectivity index (χ1) is 14.0. The van der Waals surface area contributed by atoms with Gasteiger partial charge in [-0.25, -0.2) is 8.42 Å². The van der Waals surface area contributed by atoms with Gasteiger partial charge in [0.2, 0.25) is 10.0 Å². The summed E-state index contributed by atoms with van der Waals surface area (Å²) in [4.78, 5) is 24.7. The number of aliphatic hydroxyl groups is 1. The molecule has 0 aromatic heterocycles. The van der Waals surface area contributed by atoms with Crippen LogP contribution in [0.2, 0.25) is 0 Å². The maximum atomic E-state index is 12.4. The van der Waals surface area contributed by atoms with Crippen molar-refractivity contribution in [1.29, 1.82) is 0 Å². The largest absolute Gasteiger partial charge is 0.451 e. The van der Waals surface area contributed by atoms with Crippen LogP contribution < -0.4 is 10.0 Å². The van der Waals surface area contributed by atoms with E-state index >= 15 is 0 Å². The summed E-state index contributed by atoms with van der Waals surface area (Å²) in [5.74, 6) is -1.64. The van der Waals surface area contributed by atoms with E-state index in [4.69, 9.17) is 4.74 Å². The molecule has 8 nitrogen and oxygen atoms in total. The number of carbonyl (C=O) groups excluding carboxylic acids is 2. The quantitative estimate of drug-likeness (QED) is 0.480. The number of amides is 1. The van der Waals surface area contributed by atoms with Crippen molar-refractivity contribution in [3.63, 3.8) is 0 Å². The predicted molar refractivity (Wildman–Crippen MR) is 115 cm³/mol. The van der Waals surface area contributed by atoms with Crippen molar-refractivity contribution in [3.8, 4) is 0 Å². The van der Waals surface area contributed by atoms with E-state index in [1.165, 1.54) is 31.2 Å². The Morgan fingerprint density at radius 1 is 1.10 bits per heavy atom. The van der Waals surface area contributed by atoms with Gasteiger partial charge in [0.25, 0.3) is 5.91 Å². The third-order valence-corrected chi connectivity index (χ3v) is 6.30. The molecular formula is C20H23BrN2O6S. The Labute approximate surface area is 183 Å². The highest BCUT2D eigenvalue weighted by molar-refractivity contribution is 9.10. The highest BCUT2D eigenvalue weighted by Crippen LogP contribution is 2.20. The molecule has 0 spiro atoms. The number of anilines is 1. The molecule has 0 radical (unpaired) electrons. The average molecular weight is 499 g/mol. The zero-order valence-electron chi connectivity index (χ0n) is 16.7. The number of aliphatic hydroxyl groups excluding tert-OH is 1. The Morgan fingerprint density at radius 3 is 2.20 bits per heavy atom. The van der Waals surface area contributed by atoms with Crippen LogP contribution in [0.5, 0.6) is 0 Å². The van der Waals surface area contributed by atoms with Crippen LogP contribution in [-0.2, 0) is 24.3 Å². The second kappa shape index (κ2) is 10.2. The Kier molecular flexibility index (Phi) is 8.13. The van der Waals surface area contributed by atoms with Gasteiger partial charge < -0.3 is 15.2 Å². The molecule has 0 saturated heterocycles. The topological polar surface area (TPSA) is 122 Å². The fraction of sp³-hybridized carbons (Fsp3) is 0.300. The smallest absolute Gasteiger partial charge is 0.327 e. The number of rotatable bonds is 8. The van der Waals surface area contributed by atoms with Gasteiger partial charge in [-0.15, -0.1) is 0 Å². The number of hydrogen-bond acceptors (Lipinski definition) is 6. The molecule has 2 rings (SSSR count). The van der Waals surface area contributed by atoms with Crippen molar-refractivity contribution in [2.24, 2.45) is 0 Å². The number of halogens is 1. The summed E-state index contributed by atoms with van der Waals surface area (Å²) >= 11 is 3.21. The Balaban J connectivity index is 2.05. The van der Waals surface area contributed by atoms with Crippen molar-refractivity contribution in [2.75, 3.05) is 11.9 Å². The first-order valence-corrected chi connectivity index (χ1v) is 11.3. The first-order valence-electron chi connectivity index (χ1n) is 9.01. The minimum Gasteiger partial charge on any atom is -0.451 e. The number of para-hydroxylation sites is 1. The van der Waals surface area contributed by atoms with E-state index in [0.29, 0.717) is 10.2 Å². The lowest BCUT2D eigenvalue weighted by Gasteiger charge is -2.20. The van der Waals surface area contributed by atoms with Crippen molar-refractivity contribution in [3.05, 3.63) is 58.1 Å². The van der Waals surface area contributed by atoms with Crippen molar-refractivity contribution in [2.45, 2.75) is 37.8 Å². The second-order valence-corrected chi connectivity index (χ2v) is 9.28. The SMILES string of the molecule is Cc1cccc(C)c1NC(=O)C(C)OC(=O)C(CO)NS(=O)(=O)c1ccc(Br)cc1. The molecule has 162 valence electrons. The molecule has 1 amide bonds. The molecule has 2 unspecified atom stereocenters. The van der Waals surface area contributed by atoms with Crippen LogP contribution >= 0.6 is 15.9 Å². The van der Waals surface area contributed by atoms with Gasteiger partial charge in [0.05, 0.1) is 11.5 Å². The lowest BCUT2D eigenvalue weighted by atomic mass is 10.1. The Bertz CT molecular complexity index is 1000. The van der Waals surface area contributed by atoms with Crippen molar-refractivity contribution < 1.29 is 27.9 Å². The van der Waals surface area contributed by atoms with Gasteiger partial charge in [-0.3, -0.25) is 9.59 Å². The molecule has 2 atom stereocenters. The molecule has 0 bridgehead atoms. The molecule has 0 fully saturated rings. The standard InChI is InChI=1S/C20H23BrN2O6S/c1-12-5-4-6-13(2)18(12)22-19(25)14(3)29-20(26)17(11-24)23-30(27,28)16-9-7-15(21)8-10-16/h4-10,14,17,23-24H,11H2,1-3H3,(H,22,25). The number of nitrogens with one attached hydrogen (secondary N) is 2. The van der Waals surface area contributed by atoms with E-state index in [1.807, 2.05) is 32.0 Å². The van der Waals surface area contributed by atoms with Gasteiger partial charge in [-0.05, 0) is 56.2 Å². The summed E-state index contributed by atoms with van der Waals surface area (Å²) < 4.78 is 32.7. The zero-order valence-corrected chi connectivity index (χ0v) is 19.1. The molecule has 0 aliphatic carbocycles. The van der Waals surface area contributed by atoms with Gasteiger partial charge in [-0.2, -0.15) is 4.72 Å². The molecular weight excluding hydrogens is 476 g/mol. The number of aryl methyl sites for hydroxylation is 2. The van der Waals surface area contributed by atoms with Crippen LogP contribution in [0.15, 0.2) is 51.8 Å².